The molecule has 0 fully saturated rings. The predicted octanol–water partition coefficient (Wildman–Crippen LogP) is 1.87. The monoisotopic (exact) mass is 280 g/mol. The van der Waals surface area contributed by atoms with Gasteiger partial charge in [0.05, 0.1) is 5.56 Å². The smallest absolute Gasteiger partial charge is 0.407 e. The molecule has 0 atom stereocenters. The van der Waals surface area contributed by atoms with Crippen molar-refractivity contribution in [3.05, 3.63) is 34.9 Å². The Hall–Kier alpha value is -2.08. The van der Waals surface area contributed by atoms with E-state index in [0.717, 1.165) is 5.56 Å². The van der Waals surface area contributed by atoms with E-state index in [1.165, 1.54) is 6.07 Å². The average Bonchev–Trinajstić information content (AvgIpc) is 2.33. The number of ether oxygens (including phenoxy) is 1. The highest BCUT2D eigenvalue weighted by Gasteiger charge is 2.17. The fraction of sp³-hybridized carbons (Fsp3) is 0.429. The van der Waals surface area contributed by atoms with Gasteiger partial charge in [0.2, 0.25) is 0 Å². The summed E-state index contributed by atoms with van der Waals surface area (Å²) in [6, 6.07) is 4.80. The minimum Gasteiger partial charge on any atom is -0.478 e. The number of amides is 1. The van der Waals surface area contributed by atoms with Crippen molar-refractivity contribution in [1.29, 1.82) is 0 Å². The van der Waals surface area contributed by atoms with Crippen LogP contribution in [0.2, 0.25) is 0 Å². The first-order valence-electron chi connectivity index (χ1n) is 6.25. The number of hydrogen-bond acceptors (Lipinski definition) is 4. The third-order valence-corrected chi connectivity index (χ3v) is 2.46. The summed E-state index contributed by atoms with van der Waals surface area (Å²) in [5.74, 6) is -1.05. The number of nitrogens with one attached hydrogen (secondary N) is 1. The molecule has 0 bridgehead atoms. The number of carbonyl (C=O) groups is 2. The van der Waals surface area contributed by atoms with Gasteiger partial charge in [-0.25, -0.2) is 9.59 Å². The lowest BCUT2D eigenvalue weighted by Gasteiger charge is -2.20. The maximum absolute atomic E-state index is 11.6. The lowest BCUT2D eigenvalue weighted by molar-refractivity contribution is 0.0521. The maximum Gasteiger partial charge on any atom is 0.407 e. The van der Waals surface area contributed by atoms with Gasteiger partial charge in [-0.15, -0.1) is 0 Å². The number of carboxylic acid groups (broad SMARTS) is 1. The summed E-state index contributed by atoms with van der Waals surface area (Å²) in [6.45, 7) is 5.64. The largest absolute Gasteiger partial charge is 0.478 e. The van der Waals surface area contributed by atoms with Crippen LogP contribution in [-0.4, -0.2) is 22.8 Å². The van der Waals surface area contributed by atoms with Gasteiger partial charge in [0.1, 0.15) is 5.60 Å². The SMILES string of the molecule is CC(C)(C)OC(=O)NCc1cc(CN)ccc1C(=O)O. The number of rotatable bonds is 4. The summed E-state index contributed by atoms with van der Waals surface area (Å²) in [4.78, 5) is 22.7. The molecule has 0 unspecified atom stereocenters. The van der Waals surface area contributed by atoms with Crippen LogP contribution in [0, 0.1) is 0 Å². The van der Waals surface area contributed by atoms with Crippen LogP contribution in [0.15, 0.2) is 18.2 Å². The zero-order valence-electron chi connectivity index (χ0n) is 11.9. The number of carbonyl (C=O) groups excluding carboxylic acids is 1. The molecular formula is C14H20N2O4. The van der Waals surface area contributed by atoms with Gasteiger partial charge in [-0.2, -0.15) is 0 Å². The molecular weight excluding hydrogens is 260 g/mol. The molecule has 20 heavy (non-hydrogen) atoms. The molecule has 1 rings (SSSR count). The van der Waals surface area contributed by atoms with Gasteiger partial charge in [-0.1, -0.05) is 12.1 Å². The molecule has 0 radical (unpaired) electrons. The second-order valence-corrected chi connectivity index (χ2v) is 5.36. The van der Waals surface area contributed by atoms with Crippen LogP contribution in [0.1, 0.15) is 42.3 Å². The molecule has 6 heteroatoms. The number of nitrogens with two attached hydrogens (primary N) is 1. The van der Waals surface area contributed by atoms with E-state index in [2.05, 4.69) is 5.32 Å². The lowest BCUT2D eigenvalue weighted by atomic mass is 10.0. The Morgan fingerprint density at radius 1 is 1.35 bits per heavy atom. The van der Waals surface area contributed by atoms with Gasteiger partial charge >= 0.3 is 12.1 Å². The molecule has 1 aromatic carbocycles. The average molecular weight is 280 g/mol. The molecule has 0 aliphatic rings. The van der Waals surface area contributed by atoms with Crippen LogP contribution in [0.25, 0.3) is 0 Å². The van der Waals surface area contributed by atoms with Gasteiger partial charge in [0.25, 0.3) is 0 Å². The van der Waals surface area contributed by atoms with E-state index in [1.54, 1.807) is 32.9 Å². The molecule has 4 N–H and O–H groups in total. The number of carboxylic acids is 1. The van der Waals surface area contributed by atoms with Crippen molar-refractivity contribution in [2.24, 2.45) is 5.73 Å². The van der Waals surface area contributed by atoms with E-state index in [4.69, 9.17) is 15.6 Å². The highest BCUT2D eigenvalue weighted by Crippen LogP contribution is 2.13. The fourth-order valence-corrected chi connectivity index (χ4v) is 1.61. The molecule has 0 aromatic heterocycles. The molecule has 0 aliphatic heterocycles. The number of benzene rings is 1. The van der Waals surface area contributed by atoms with Crippen molar-refractivity contribution in [1.82, 2.24) is 5.32 Å². The van der Waals surface area contributed by atoms with E-state index in [9.17, 15) is 9.59 Å². The summed E-state index contributed by atoms with van der Waals surface area (Å²) < 4.78 is 5.09. The summed E-state index contributed by atoms with van der Waals surface area (Å²) >= 11 is 0. The molecule has 6 nitrogen and oxygen atoms in total. The molecule has 1 amide bonds. The quantitative estimate of drug-likeness (QED) is 0.781. The Morgan fingerprint density at radius 3 is 2.50 bits per heavy atom. The van der Waals surface area contributed by atoms with Crippen molar-refractivity contribution in [3.8, 4) is 0 Å². The molecule has 1 aromatic rings. The second-order valence-electron chi connectivity index (χ2n) is 5.36. The van der Waals surface area contributed by atoms with E-state index in [-0.39, 0.29) is 12.1 Å². The highest BCUT2D eigenvalue weighted by molar-refractivity contribution is 5.89. The molecule has 0 spiro atoms. The van der Waals surface area contributed by atoms with Crippen molar-refractivity contribution < 1.29 is 19.4 Å². The summed E-state index contributed by atoms with van der Waals surface area (Å²) in [6.07, 6.45) is -0.591. The first-order chi connectivity index (χ1) is 9.23. The van der Waals surface area contributed by atoms with Crippen molar-refractivity contribution >= 4 is 12.1 Å². The maximum atomic E-state index is 11.6. The highest BCUT2D eigenvalue weighted by atomic mass is 16.6. The van der Waals surface area contributed by atoms with Gasteiger partial charge < -0.3 is 20.9 Å². The minimum absolute atomic E-state index is 0.0738. The predicted molar refractivity (Wildman–Crippen MR) is 74.4 cm³/mol. The summed E-state index contributed by atoms with van der Waals surface area (Å²) in [5, 5.41) is 11.6. The molecule has 0 saturated heterocycles. The second kappa shape index (κ2) is 6.38. The van der Waals surface area contributed by atoms with E-state index in [0.29, 0.717) is 12.1 Å². The van der Waals surface area contributed by atoms with Crippen LogP contribution in [0.5, 0.6) is 0 Å². The minimum atomic E-state index is -1.05. The molecule has 0 aliphatic carbocycles. The zero-order valence-corrected chi connectivity index (χ0v) is 11.9. The summed E-state index contributed by atoms with van der Waals surface area (Å²) in [7, 11) is 0. The Kier molecular flexibility index (Phi) is 5.10. The Bertz CT molecular complexity index is 506. The molecule has 0 heterocycles. The third-order valence-electron chi connectivity index (χ3n) is 2.46. The Balaban J connectivity index is 2.80. The van der Waals surface area contributed by atoms with Crippen molar-refractivity contribution in [3.63, 3.8) is 0 Å². The van der Waals surface area contributed by atoms with Crippen LogP contribution >= 0.6 is 0 Å². The first-order valence-corrected chi connectivity index (χ1v) is 6.25. The first kappa shape index (κ1) is 16.0. The van der Waals surface area contributed by atoms with Crippen LogP contribution in [-0.2, 0) is 17.8 Å². The topological polar surface area (TPSA) is 102 Å². The van der Waals surface area contributed by atoms with E-state index < -0.39 is 17.7 Å². The molecule has 110 valence electrons. The summed E-state index contributed by atoms with van der Waals surface area (Å²) in [5.41, 5.74) is 6.36. The third kappa shape index (κ3) is 4.89. The van der Waals surface area contributed by atoms with Crippen LogP contribution in [0.3, 0.4) is 0 Å². The van der Waals surface area contributed by atoms with Gasteiger partial charge in [0.15, 0.2) is 0 Å². The Labute approximate surface area is 117 Å². The van der Waals surface area contributed by atoms with Crippen LogP contribution in [0.4, 0.5) is 4.79 Å². The lowest BCUT2D eigenvalue weighted by Crippen LogP contribution is -2.32. The zero-order chi connectivity index (χ0) is 15.3. The normalized spacial score (nSPS) is 11.0. The van der Waals surface area contributed by atoms with Crippen LogP contribution < -0.4 is 11.1 Å². The number of alkyl carbamates (subject to hydrolysis) is 1. The fourth-order valence-electron chi connectivity index (χ4n) is 1.61. The van der Waals surface area contributed by atoms with Gasteiger partial charge in [0, 0.05) is 13.1 Å². The standard InChI is InChI=1S/C14H20N2O4/c1-14(2,3)20-13(19)16-8-10-6-9(7-15)4-5-11(10)12(17)18/h4-6H,7-8,15H2,1-3H3,(H,16,19)(H,17,18). The van der Waals surface area contributed by atoms with E-state index in [1.807, 2.05) is 0 Å². The number of aromatic carboxylic acids is 1. The Morgan fingerprint density at radius 2 is 2.00 bits per heavy atom. The van der Waals surface area contributed by atoms with Crippen molar-refractivity contribution in [2.45, 2.75) is 39.5 Å². The molecule has 0 saturated carbocycles. The van der Waals surface area contributed by atoms with Gasteiger partial charge in [-0.3, -0.25) is 0 Å². The number of hydrogen-bond donors (Lipinski definition) is 3. The van der Waals surface area contributed by atoms with Crippen molar-refractivity contribution in [2.75, 3.05) is 0 Å². The van der Waals surface area contributed by atoms with E-state index >= 15 is 0 Å². The van der Waals surface area contributed by atoms with Gasteiger partial charge in [-0.05, 0) is 38.0 Å².